The van der Waals surface area contributed by atoms with Gasteiger partial charge in [-0.3, -0.25) is 34.3 Å². The SMILES string of the molecule is CC1(C)C(=O)N(c2ccc(N)c(Cl)c2)c2ccc(-c3ccc(N4CC(CN5CCN(c6ccc7c(c6)CN(C6CCC(=O)NC6=O)C7=O)CC5)C4)cc3)cc21. The molecule has 1 unspecified atom stereocenters. The largest absolute Gasteiger partial charge is 0.398 e. The van der Waals surface area contributed by atoms with Crippen LogP contribution in [0.4, 0.5) is 28.4 Å². The molecule has 4 aromatic carbocycles. The number of rotatable bonds is 7. The summed E-state index contributed by atoms with van der Waals surface area (Å²) in [6.07, 6.45) is 0.621. The number of imide groups is 1. The first-order valence-electron chi connectivity index (χ1n) is 19.1. The number of anilines is 5. The van der Waals surface area contributed by atoms with Crippen molar-refractivity contribution in [3.05, 3.63) is 101 Å². The van der Waals surface area contributed by atoms with E-state index in [0.29, 0.717) is 40.8 Å². The van der Waals surface area contributed by atoms with Crippen molar-refractivity contribution in [1.29, 1.82) is 0 Å². The lowest BCUT2D eigenvalue weighted by Crippen LogP contribution is -2.55. The van der Waals surface area contributed by atoms with Gasteiger partial charge < -0.3 is 20.4 Å². The molecule has 0 bridgehead atoms. The molecular weight excluding hydrogens is 714 g/mol. The summed E-state index contributed by atoms with van der Waals surface area (Å²) in [5, 5.41) is 2.80. The van der Waals surface area contributed by atoms with E-state index >= 15 is 0 Å². The van der Waals surface area contributed by atoms with E-state index in [1.807, 2.05) is 38.1 Å². The zero-order valence-corrected chi connectivity index (χ0v) is 31.8. The molecule has 9 rings (SSSR count). The Morgan fingerprint density at radius 3 is 2.24 bits per heavy atom. The fraction of sp³-hybridized carbons (Fsp3) is 0.349. The Bertz CT molecular complexity index is 2240. The van der Waals surface area contributed by atoms with Crippen LogP contribution in [0.2, 0.25) is 5.02 Å². The van der Waals surface area contributed by atoms with Crippen molar-refractivity contribution < 1.29 is 19.2 Å². The second-order valence-corrected chi connectivity index (χ2v) is 16.5. The van der Waals surface area contributed by atoms with Crippen molar-refractivity contribution in [1.82, 2.24) is 15.1 Å². The van der Waals surface area contributed by atoms with E-state index in [4.69, 9.17) is 17.3 Å². The molecule has 282 valence electrons. The van der Waals surface area contributed by atoms with Gasteiger partial charge in [0.2, 0.25) is 17.7 Å². The zero-order valence-electron chi connectivity index (χ0n) is 31.1. The monoisotopic (exact) mass is 757 g/mol. The summed E-state index contributed by atoms with van der Waals surface area (Å²) in [4.78, 5) is 61.5. The van der Waals surface area contributed by atoms with Gasteiger partial charge in [-0.1, -0.05) is 29.8 Å². The first kappa shape index (κ1) is 35.3. The number of amides is 4. The lowest BCUT2D eigenvalue weighted by atomic mass is 9.84. The number of nitrogens with one attached hydrogen (secondary N) is 1. The summed E-state index contributed by atoms with van der Waals surface area (Å²) in [7, 11) is 0. The van der Waals surface area contributed by atoms with Crippen LogP contribution in [0.25, 0.3) is 11.1 Å². The first-order chi connectivity index (χ1) is 26.4. The van der Waals surface area contributed by atoms with E-state index < -0.39 is 11.5 Å². The molecule has 4 aromatic rings. The number of nitrogens with zero attached hydrogens (tertiary/aromatic N) is 5. The second kappa shape index (κ2) is 13.4. The van der Waals surface area contributed by atoms with Crippen molar-refractivity contribution in [2.24, 2.45) is 5.92 Å². The van der Waals surface area contributed by atoms with Crippen LogP contribution in [0.1, 0.15) is 48.2 Å². The van der Waals surface area contributed by atoms with Crippen molar-refractivity contribution in [3.63, 3.8) is 0 Å². The van der Waals surface area contributed by atoms with Crippen LogP contribution >= 0.6 is 11.6 Å². The number of piperidine rings is 1. The third-order valence-electron chi connectivity index (χ3n) is 12.2. The summed E-state index contributed by atoms with van der Waals surface area (Å²) in [5.74, 6) is -0.174. The molecule has 3 saturated heterocycles. The van der Waals surface area contributed by atoms with Crippen LogP contribution in [0.15, 0.2) is 78.9 Å². The normalized spacial score (nSPS) is 21.2. The molecule has 11 nitrogen and oxygen atoms in total. The Labute approximate surface area is 325 Å². The Morgan fingerprint density at radius 2 is 1.51 bits per heavy atom. The molecule has 55 heavy (non-hydrogen) atoms. The number of halogens is 1. The van der Waals surface area contributed by atoms with Crippen LogP contribution in [0.5, 0.6) is 0 Å². The minimum atomic E-state index is -0.689. The van der Waals surface area contributed by atoms with Gasteiger partial charge in [0.25, 0.3) is 5.91 Å². The smallest absolute Gasteiger partial charge is 0.255 e. The van der Waals surface area contributed by atoms with Gasteiger partial charge in [-0.05, 0) is 103 Å². The van der Waals surface area contributed by atoms with Gasteiger partial charge in [0.1, 0.15) is 6.04 Å². The lowest BCUT2D eigenvalue weighted by Gasteiger charge is -2.45. The highest BCUT2D eigenvalue weighted by Gasteiger charge is 2.45. The molecule has 4 amide bonds. The molecule has 1 atom stereocenters. The number of benzene rings is 4. The fourth-order valence-corrected chi connectivity index (χ4v) is 9.07. The van der Waals surface area contributed by atoms with Crippen LogP contribution in [-0.4, -0.2) is 85.3 Å². The van der Waals surface area contributed by atoms with E-state index in [9.17, 15) is 19.2 Å². The molecule has 0 radical (unpaired) electrons. The number of carbonyl (C=O) groups is 4. The van der Waals surface area contributed by atoms with Gasteiger partial charge in [-0.2, -0.15) is 0 Å². The maximum atomic E-state index is 13.6. The van der Waals surface area contributed by atoms with Crippen molar-refractivity contribution in [3.8, 4) is 11.1 Å². The molecule has 0 aliphatic carbocycles. The number of nitrogens with two attached hydrogens (primary N) is 1. The van der Waals surface area contributed by atoms with E-state index in [1.54, 1.807) is 21.9 Å². The molecule has 5 heterocycles. The minimum absolute atomic E-state index is 0.00413. The first-order valence-corrected chi connectivity index (χ1v) is 19.5. The lowest BCUT2D eigenvalue weighted by molar-refractivity contribution is -0.137. The zero-order chi connectivity index (χ0) is 38.2. The highest BCUT2D eigenvalue weighted by Crippen LogP contribution is 2.47. The predicted molar refractivity (Wildman–Crippen MR) is 215 cm³/mol. The van der Waals surface area contributed by atoms with Gasteiger partial charge in [-0.15, -0.1) is 0 Å². The fourth-order valence-electron chi connectivity index (χ4n) is 8.90. The summed E-state index contributed by atoms with van der Waals surface area (Å²) in [6, 6.07) is 25.7. The number of hydrogen-bond acceptors (Lipinski definition) is 8. The topological polar surface area (TPSA) is 123 Å². The van der Waals surface area contributed by atoms with Crippen molar-refractivity contribution in [2.45, 2.75) is 44.7 Å². The number of piperazine rings is 1. The Balaban J connectivity index is 0.777. The predicted octanol–water partition coefficient (Wildman–Crippen LogP) is 5.56. The number of carbonyl (C=O) groups excluding carboxylic acids is 4. The molecular formula is C43H44ClN7O4. The van der Waals surface area contributed by atoms with Gasteiger partial charge in [-0.25, -0.2) is 0 Å². The summed E-state index contributed by atoms with van der Waals surface area (Å²) in [6.45, 7) is 11.3. The highest BCUT2D eigenvalue weighted by atomic mass is 35.5. The van der Waals surface area contributed by atoms with E-state index in [0.717, 1.165) is 79.4 Å². The van der Waals surface area contributed by atoms with Crippen LogP contribution in [0.3, 0.4) is 0 Å². The van der Waals surface area contributed by atoms with Crippen molar-refractivity contribution in [2.75, 3.05) is 66.2 Å². The highest BCUT2D eigenvalue weighted by molar-refractivity contribution is 6.33. The van der Waals surface area contributed by atoms with Gasteiger partial charge in [0, 0.05) is 81.6 Å². The molecule has 12 heteroatoms. The molecule has 0 aromatic heterocycles. The third kappa shape index (κ3) is 6.19. The maximum absolute atomic E-state index is 13.6. The minimum Gasteiger partial charge on any atom is -0.398 e. The van der Waals surface area contributed by atoms with E-state index in [1.165, 1.54) is 5.69 Å². The van der Waals surface area contributed by atoms with Crippen molar-refractivity contribution >= 4 is 63.7 Å². The third-order valence-corrected chi connectivity index (χ3v) is 12.5. The Hall–Kier alpha value is -5.39. The van der Waals surface area contributed by atoms with Gasteiger partial charge >= 0.3 is 0 Å². The van der Waals surface area contributed by atoms with E-state index in [2.05, 4.69) is 62.5 Å². The molecule has 3 fully saturated rings. The number of hydrogen-bond donors (Lipinski definition) is 2. The summed E-state index contributed by atoms with van der Waals surface area (Å²) in [5.41, 5.74) is 14.4. The molecule has 5 aliphatic rings. The maximum Gasteiger partial charge on any atom is 0.255 e. The van der Waals surface area contributed by atoms with Gasteiger partial charge in [0.15, 0.2) is 0 Å². The standard InChI is InChI=1S/C43H44ClN7O4/c1-43(2)34-20-28(5-12-37(34)51(42(43)55)32-9-11-36(45)35(44)21-32)27-3-6-30(7-4-27)49-23-26(24-49)22-47-15-17-48(18-16-47)31-8-10-33-29(19-31)25-50(41(33)54)38-13-14-39(52)46-40(38)53/h3-12,19-21,26,38H,13-18,22-25,45H2,1-2H3,(H,46,52,53). The average molecular weight is 758 g/mol. The number of nitrogen functional groups attached to an aromatic ring is 1. The second-order valence-electron chi connectivity index (χ2n) is 16.1. The van der Waals surface area contributed by atoms with E-state index in [-0.39, 0.29) is 30.0 Å². The van der Waals surface area contributed by atoms with Gasteiger partial charge in [0.05, 0.1) is 27.5 Å². The van der Waals surface area contributed by atoms with Crippen LogP contribution < -0.4 is 25.8 Å². The molecule has 0 spiro atoms. The van der Waals surface area contributed by atoms with Crippen LogP contribution in [0, 0.1) is 5.92 Å². The van der Waals surface area contributed by atoms with Crippen LogP contribution in [-0.2, 0) is 26.3 Å². The average Bonchev–Trinajstić information content (AvgIpc) is 3.59. The summed E-state index contributed by atoms with van der Waals surface area (Å²) < 4.78 is 0. The Kier molecular flexibility index (Phi) is 8.62. The molecule has 0 saturated carbocycles. The molecule has 5 aliphatic heterocycles. The Morgan fingerprint density at radius 1 is 0.800 bits per heavy atom. The summed E-state index contributed by atoms with van der Waals surface area (Å²) >= 11 is 6.32. The quantitative estimate of drug-likeness (QED) is 0.186. The molecule has 3 N–H and O–H groups in total. The number of fused-ring (bicyclic) bond motifs is 2.